The van der Waals surface area contributed by atoms with Crippen LogP contribution in [0.2, 0.25) is 10.3 Å². The molecule has 1 amide bonds. The number of carbonyl (C=O) groups excluding carboxylic acids is 2. The molecule has 0 saturated carbocycles. The van der Waals surface area contributed by atoms with Crippen LogP contribution in [0.3, 0.4) is 0 Å². The number of amides is 1. The number of nitrogens with zero attached hydrogens (tertiary/aromatic N) is 3. The van der Waals surface area contributed by atoms with Crippen molar-refractivity contribution < 1.29 is 23.8 Å². The first-order valence-electron chi connectivity index (χ1n) is 10.9. The quantitative estimate of drug-likeness (QED) is 0.362. The van der Waals surface area contributed by atoms with Crippen molar-refractivity contribution in [3.63, 3.8) is 0 Å². The minimum absolute atomic E-state index is 0. The van der Waals surface area contributed by atoms with E-state index in [0.717, 1.165) is 5.69 Å². The number of anilines is 1. The number of hydrogen-bond acceptors (Lipinski definition) is 9. The van der Waals surface area contributed by atoms with E-state index in [1.54, 1.807) is 26.1 Å². The number of ketones is 1. The zero-order valence-corrected chi connectivity index (χ0v) is 21.9. The molecule has 36 heavy (non-hydrogen) atoms. The average Bonchev–Trinajstić information content (AvgIpc) is 2.78. The minimum Gasteiger partial charge on any atom is -0.396 e. The van der Waals surface area contributed by atoms with Gasteiger partial charge in [0.15, 0.2) is 16.1 Å². The zero-order valence-electron chi connectivity index (χ0n) is 20.4. The third-order valence-corrected chi connectivity index (χ3v) is 4.74. The van der Waals surface area contributed by atoms with Gasteiger partial charge in [0.25, 0.3) is 12.4 Å². The summed E-state index contributed by atoms with van der Waals surface area (Å²) in [6, 6.07) is 3.23. The number of aliphatic imine (C=N–C) groups is 1. The molecule has 4 N–H and O–H groups in total. The van der Waals surface area contributed by atoms with E-state index in [1.807, 2.05) is 20.8 Å². The summed E-state index contributed by atoms with van der Waals surface area (Å²) in [4.78, 5) is 34.1. The number of rotatable bonds is 7. The van der Waals surface area contributed by atoms with E-state index >= 15 is 0 Å². The normalized spacial score (nSPS) is 11.5. The second-order valence-corrected chi connectivity index (χ2v) is 7.64. The third-order valence-electron chi connectivity index (χ3n) is 4.19. The molecule has 0 bridgehead atoms. The van der Waals surface area contributed by atoms with Crippen LogP contribution in [0.15, 0.2) is 17.1 Å². The number of fused-ring (bicyclic) bond motifs is 1. The van der Waals surface area contributed by atoms with Crippen LogP contribution >= 0.6 is 23.2 Å². The molecule has 0 radical (unpaired) electrons. The lowest BCUT2D eigenvalue weighted by Crippen LogP contribution is -2.20. The van der Waals surface area contributed by atoms with E-state index in [1.165, 1.54) is 6.07 Å². The number of nitrogens with two attached hydrogens (primary N) is 2. The molecule has 2 aromatic rings. The second kappa shape index (κ2) is 16.9. The monoisotopic (exact) mass is 543 g/mol. The molecule has 1 aliphatic rings. The average molecular weight is 544 g/mol. The molecular formula is C24H35Cl2N5O5. The van der Waals surface area contributed by atoms with Crippen molar-refractivity contribution in [3.05, 3.63) is 45.0 Å². The molecule has 2 aromatic heterocycles. The highest BCUT2D eigenvalue weighted by atomic mass is 35.5. The molecule has 10 nitrogen and oxygen atoms in total. The molecule has 0 aromatic carbocycles. The van der Waals surface area contributed by atoms with Crippen molar-refractivity contribution >= 4 is 52.5 Å². The summed E-state index contributed by atoms with van der Waals surface area (Å²) in [5, 5.41) is 0.420. The fraction of sp³-hybridized carbons (Fsp3) is 0.458. The molecule has 3 heterocycles. The van der Waals surface area contributed by atoms with Crippen LogP contribution in [0, 0.1) is 13.8 Å². The lowest BCUT2D eigenvalue weighted by molar-refractivity contribution is -0.282. The lowest BCUT2D eigenvalue weighted by atomic mass is 10.1. The van der Waals surface area contributed by atoms with Gasteiger partial charge in [-0.25, -0.2) is 9.97 Å². The Balaban J connectivity index is 0.000000509. The van der Waals surface area contributed by atoms with Gasteiger partial charge >= 0.3 is 0 Å². The number of aryl methyl sites for hydroxylation is 2. The molecule has 12 heteroatoms. The summed E-state index contributed by atoms with van der Waals surface area (Å²) in [7, 11) is 0. The predicted octanol–water partition coefficient (Wildman–Crippen LogP) is 5.07. The minimum atomic E-state index is -0.597. The van der Waals surface area contributed by atoms with Crippen molar-refractivity contribution in [2.45, 2.75) is 54.9 Å². The Labute approximate surface area is 222 Å². The van der Waals surface area contributed by atoms with Crippen molar-refractivity contribution in [2.75, 3.05) is 25.6 Å². The van der Waals surface area contributed by atoms with Gasteiger partial charge in [0.05, 0.1) is 11.3 Å². The fourth-order valence-corrected chi connectivity index (χ4v) is 3.21. The number of carbonyl (C=O) groups is 2. The van der Waals surface area contributed by atoms with E-state index in [9.17, 15) is 9.59 Å². The number of hydrogen-bond donors (Lipinski definition) is 2. The van der Waals surface area contributed by atoms with E-state index in [2.05, 4.69) is 15.0 Å². The van der Waals surface area contributed by atoms with Gasteiger partial charge in [0.2, 0.25) is 0 Å². The maximum Gasteiger partial charge on any atom is 0.271 e. The van der Waals surface area contributed by atoms with Gasteiger partial charge in [-0.15, -0.1) is 0 Å². The molecule has 0 saturated heterocycles. The molecule has 0 atom stereocenters. The summed E-state index contributed by atoms with van der Waals surface area (Å²) in [5.41, 5.74) is 13.3. The summed E-state index contributed by atoms with van der Waals surface area (Å²) < 4.78 is 15.2. The number of primary amides is 1. The zero-order chi connectivity index (χ0) is 26.5. The first kappa shape index (κ1) is 33.4. The highest BCUT2D eigenvalue weighted by molar-refractivity contribution is 6.33. The van der Waals surface area contributed by atoms with Crippen molar-refractivity contribution in [1.29, 1.82) is 0 Å². The molecule has 0 fully saturated rings. The fourth-order valence-electron chi connectivity index (χ4n) is 2.70. The largest absolute Gasteiger partial charge is 0.396 e. The summed E-state index contributed by atoms with van der Waals surface area (Å²) in [6.45, 7) is 10.6. The Kier molecular flexibility index (Phi) is 15.7. The molecule has 200 valence electrons. The van der Waals surface area contributed by atoms with Gasteiger partial charge < -0.3 is 25.7 Å². The highest BCUT2D eigenvalue weighted by Gasteiger charge is 2.18. The maximum absolute atomic E-state index is 11.4. The number of ether oxygens (including phenoxy) is 3. The molecule has 3 rings (SSSR count). The Morgan fingerprint density at radius 3 is 2.00 bits per heavy atom. The predicted molar refractivity (Wildman–Crippen MR) is 143 cm³/mol. The summed E-state index contributed by atoms with van der Waals surface area (Å²) >= 11 is 11.5. The number of Topliss-reactive ketones (excluding diaryl/α,β-unsaturated/α-hetero) is 1. The maximum atomic E-state index is 11.4. The van der Waals surface area contributed by atoms with Crippen LogP contribution in [0.4, 0.5) is 11.4 Å². The number of pyridine rings is 2. The second-order valence-electron chi connectivity index (χ2n) is 6.92. The summed E-state index contributed by atoms with van der Waals surface area (Å²) in [6.07, 6.45) is 1.92. The number of nitrogen functional groups attached to an aromatic ring is 1. The van der Waals surface area contributed by atoms with Crippen LogP contribution in [-0.2, 0) is 14.2 Å². The molecule has 0 spiro atoms. The van der Waals surface area contributed by atoms with Crippen LogP contribution in [0.1, 0.15) is 66.7 Å². The van der Waals surface area contributed by atoms with E-state index in [-0.39, 0.29) is 29.6 Å². The smallest absolute Gasteiger partial charge is 0.271 e. The Bertz CT molecular complexity index is 1040. The molecule has 0 unspecified atom stereocenters. The third kappa shape index (κ3) is 10.5. The first-order chi connectivity index (χ1) is 16.5. The highest BCUT2D eigenvalue weighted by Crippen LogP contribution is 2.30. The Morgan fingerprint density at radius 2 is 1.50 bits per heavy atom. The van der Waals surface area contributed by atoms with Gasteiger partial charge in [-0.05, 0) is 46.8 Å². The van der Waals surface area contributed by atoms with Crippen LogP contribution in [0.5, 0.6) is 0 Å². The van der Waals surface area contributed by atoms with Gasteiger partial charge in [-0.1, -0.05) is 30.6 Å². The SMILES string of the molecule is C.CCOC(OCC)OCC.Cc1cc(C(N)=O)c(N)c(Cl)n1.Cc1cc2c(c(Cl)n1)N=CCC2=O. The number of aromatic nitrogens is 2. The lowest BCUT2D eigenvalue weighted by Gasteiger charge is -2.15. The molecule has 1 aliphatic heterocycles. The topological polar surface area (TPSA) is 152 Å². The van der Waals surface area contributed by atoms with Crippen LogP contribution in [-0.4, -0.2) is 54.2 Å². The molecule has 0 aliphatic carbocycles. The van der Waals surface area contributed by atoms with E-state index in [0.29, 0.717) is 48.3 Å². The van der Waals surface area contributed by atoms with Crippen LogP contribution < -0.4 is 11.5 Å². The van der Waals surface area contributed by atoms with E-state index in [4.69, 9.17) is 48.9 Å². The Hall–Kier alpha value is -2.63. The molecular weight excluding hydrogens is 509 g/mol. The number of halogens is 2. The van der Waals surface area contributed by atoms with E-state index < -0.39 is 12.4 Å². The first-order valence-corrected chi connectivity index (χ1v) is 11.6. The van der Waals surface area contributed by atoms with Crippen molar-refractivity contribution in [3.8, 4) is 0 Å². The van der Waals surface area contributed by atoms with Crippen LogP contribution in [0.25, 0.3) is 0 Å². The van der Waals surface area contributed by atoms with Gasteiger partial charge in [-0.3, -0.25) is 14.6 Å². The van der Waals surface area contributed by atoms with Gasteiger partial charge in [-0.2, -0.15) is 0 Å². The van der Waals surface area contributed by atoms with Crippen molar-refractivity contribution in [1.82, 2.24) is 9.97 Å². The standard InChI is InChI=1S/C9H7ClN2O.C7H8ClN3O.C7H16O3.CH4/c1-5-4-6-7(13)2-3-11-8(6)9(10)12-5;1-3-2-4(7(10)12)5(9)6(8)11-3;1-4-8-7(9-5-2)10-6-3;/h3-4H,2H2,1H3;2H,9H2,1H3,(H2,10,12);7H,4-6H2,1-3H3;1H4. The Morgan fingerprint density at radius 1 is 1.00 bits per heavy atom. The van der Waals surface area contributed by atoms with Crippen molar-refractivity contribution in [2.24, 2.45) is 10.7 Å². The van der Waals surface area contributed by atoms with Gasteiger partial charge in [0, 0.05) is 49.4 Å². The summed E-state index contributed by atoms with van der Waals surface area (Å²) in [5.74, 6) is -0.544. The van der Waals surface area contributed by atoms with Gasteiger partial charge in [0.1, 0.15) is 5.69 Å².